The quantitative estimate of drug-likeness (QED) is 0.728. The number of carbonyl (C=O) groups is 1. The highest BCUT2D eigenvalue weighted by Crippen LogP contribution is 2.22. The minimum atomic E-state index is 0.0415. The van der Waals surface area contributed by atoms with E-state index in [0.29, 0.717) is 11.6 Å². The molecule has 3 aromatic heterocycles. The zero-order valence-corrected chi connectivity index (χ0v) is 15.4. The standard InChI is InChI=1S/C21H24N4O/c1-15-8-9-17(12-22-15)11-18-6-4-10-24(13-18)21(26)19-14-25-16(2)5-3-7-20(25)23-19/h3,5,7-9,12,14,18H,4,6,10-11,13H2,1-2H3. The topological polar surface area (TPSA) is 50.5 Å². The van der Waals surface area contributed by atoms with Gasteiger partial charge in [0.2, 0.25) is 0 Å². The van der Waals surface area contributed by atoms with Crippen molar-refractivity contribution < 1.29 is 4.79 Å². The van der Waals surface area contributed by atoms with Crippen LogP contribution in [-0.4, -0.2) is 38.3 Å². The van der Waals surface area contributed by atoms with E-state index in [4.69, 9.17) is 0 Å². The van der Waals surface area contributed by atoms with Gasteiger partial charge in [-0.3, -0.25) is 9.78 Å². The van der Waals surface area contributed by atoms with Gasteiger partial charge in [0.05, 0.1) is 0 Å². The fraction of sp³-hybridized carbons (Fsp3) is 0.381. The van der Waals surface area contributed by atoms with Gasteiger partial charge in [0.25, 0.3) is 5.91 Å². The van der Waals surface area contributed by atoms with Crippen molar-refractivity contribution >= 4 is 11.6 Å². The summed E-state index contributed by atoms with van der Waals surface area (Å²) < 4.78 is 1.98. The number of fused-ring (bicyclic) bond motifs is 1. The van der Waals surface area contributed by atoms with Gasteiger partial charge in [0.15, 0.2) is 0 Å². The van der Waals surface area contributed by atoms with Crippen LogP contribution in [-0.2, 0) is 6.42 Å². The van der Waals surface area contributed by atoms with Crippen molar-refractivity contribution in [3.8, 4) is 0 Å². The van der Waals surface area contributed by atoms with Crippen LogP contribution < -0.4 is 0 Å². The largest absolute Gasteiger partial charge is 0.337 e. The first-order valence-corrected chi connectivity index (χ1v) is 9.25. The molecule has 0 radical (unpaired) electrons. The summed E-state index contributed by atoms with van der Waals surface area (Å²) in [6.45, 7) is 5.63. The van der Waals surface area contributed by atoms with Gasteiger partial charge in [0.1, 0.15) is 11.3 Å². The fourth-order valence-corrected chi connectivity index (χ4v) is 3.78. The molecule has 1 saturated heterocycles. The molecule has 3 aromatic rings. The number of imidazole rings is 1. The lowest BCUT2D eigenvalue weighted by Crippen LogP contribution is -2.40. The summed E-state index contributed by atoms with van der Waals surface area (Å²) >= 11 is 0. The first-order chi connectivity index (χ1) is 12.6. The maximum absolute atomic E-state index is 13.0. The monoisotopic (exact) mass is 348 g/mol. The second-order valence-corrected chi connectivity index (χ2v) is 7.29. The highest BCUT2D eigenvalue weighted by molar-refractivity contribution is 5.93. The number of carbonyl (C=O) groups excluding carboxylic acids is 1. The molecule has 0 bridgehead atoms. The van der Waals surface area contributed by atoms with E-state index in [2.05, 4.69) is 22.1 Å². The number of nitrogens with zero attached hydrogens (tertiary/aromatic N) is 4. The number of pyridine rings is 2. The molecule has 5 nitrogen and oxygen atoms in total. The number of aromatic nitrogens is 3. The van der Waals surface area contributed by atoms with Crippen molar-refractivity contribution in [3.63, 3.8) is 0 Å². The van der Waals surface area contributed by atoms with E-state index in [1.54, 1.807) is 0 Å². The molecule has 1 amide bonds. The maximum Gasteiger partial charge on any atom is 0.274 e. The average Bonchev–Trinajstić information content (AvgIpc) is 3.09. The van der Waals surface area contributed by atoms with Crippen LogP contribution in [0.2, 0.25) is 0 Å². The highest BCUT2D eigenvalue weighted by Gasteiger charge is 2.26. The Bertz CT molecular complexity index is 929. The SMILES string of the molecule is Cc1ccc(CC2CCCN(C(=O)c3cn4c(C)cccc4n3)C2)cn1. The number of rotatable bonds is 3. The van der Waals surface area contributed by atoms with Gasteiger partial charge < -0.3 is 9.30 Å². The molecule has 1 unspecified atom stereocenters. The van der Waals surface area contributed by atoms with Gasteiger partial charge in [-0.25, -0.2) is 4.98 Å². The number of piperidine rings is 1. The smallest absolute Gasteiger partial charge is 0.274 e. The molecule has 134 valence electrons. The summed E-state index contributed by atoms with van der Waals surface area (Å²) in [7, 11) is 0. The van der Waals surface area contributed by atoms with Crippen molar-refractivity contribution in [1.82, 2.24) is 19.3 Å². The van der Waals surface area contributed by atoms with Crippen molar-refractivity contribution in [2.45, 2.75) is 33.1 Å². The van der Waals surface area contributed by atoms with Gasteiger partial charge in [0, 0.05) is 36.9 Å². The molecular formula is C21H24N4O. The molecule has 0 spiro atoms. The van der Waals surface area contributed by atoms with E-state index in [1.807, 2.05) is 53.7 Å². The third-order valence-corrected chi connectivity index (χ3v) is 5.22. The van der Waals surface area contributed by atoms with Gasteiger partial charge in [-0.1, -0.05) is 12.1 Å². The third kappa shape index (κ3) is 3.34. The van der Waals surface area contributed by atoms with Crippen LogP contribution in [0.15, 0.2) is 42.7 Å². The van der Waals surface area contributed by atoms with Crippen LogP contribution in [0.5, 0.6) is 0 Å². The van der Waals surface area contributed by atoms with E-state index in [1.165, 1.54) is 5.56 Å². The predicted octanol–water partition coefficient (Wildman–Crippen LogP) is 3.44. The molecule has 1 fully saturated rings. The first kappa shape index (κ1) is 16.8. The van der Waals surface area contributed by atoms with Crippen LogP contribution in [0.1, 0.15) is 40.3 Å². The summed E-state index contributed by atoms with van der Waals surface area (Å²) in [5, 5.41) is 0. The van der Waals surface area contributed by atoms with Crippen molar-refractivity contribution in [3.05, 3.63) is 65.4 Å². The zero-order valence-electron chi connectivity index (χ0n) is 15.4. The fourth-order valence-electron chi connectivity index (χ4n) is 3.78. The Balaban J connectivity index is 1.48. The Kier molecular flexibility index (Phi) is 4.45. The Morgan fingerprint density at radius 3 is 2.88 bits per heavy atom. The van der Waals surface area contributed by atoms with Crippen LogP contribution in [0, 0.1) is 19.8 Å². The molecule has 0 aromatic carbocycles. The molecule has 1 aliphatic heterocycles. The van der Waals surface area contributed by atoms with Crippen LogP contribution in [0.4, 0.5) is 0 Å². The van der Waals surface area contributed by atoms with E-state index in [9.17, 15) is 4.79 Å². The summed E-state index contributed by atoms with van der Waals surface area (Å²) in [4.78, 5) is 23.8. The number of amides is 1. The molecule has 26 heavy (non-hydrogen) atoms. The molecular weight excluding hydrogens is 324 g/mol. The van der Waals surface area contributed by atoms with Gasteiger partial charge in [-0.05, 0) is 62.8 Å². The Morgan fingerprint density at radius 1 is 1.23 bits per heavy atom. The third-order valence-electron chi connectivity index (χ3n) is 5.22. The van der Waals surface area contributed by atoms with E-state index < -0.39 is 0 Å². The van der Waals surface area contributed by atoms with E-state index >= 15 is 0 Å². The summed E-state index contributed by atoms with van der Waals surface area (Å²) in [5.41, 5.74) is 4.73. The zero-order chi connectivity index (χ0) is 18.1. The van der Waals surface area contributed by atoms with E-state index in [0.717, 1.165) is 49.4 Å². The Morgan fingerprint density at radius 2 is 2.12 bits per heavy atom. The van der Waals surface area contributed by atoms with E-state index in [-0.39, 0.29) is 5.91 Å². The molecule has 0 aliphatic carbocycles. The van der Waals surface area contributed by atoms with Crippen LogP contribution in [0.3, 0.4) is 0 Å². The summed E-state index contributed by atoms with van der Waals surface area (Å²) in [5.74, 6) is 0.524. The number of likely N-dealkylation sites (tertiary alicyclic amines) is 1. The molecule has 4 rings (SSSR count). The van der Waals surface area contributed by atoms with Crippen molar-refractivity contribution in [1.29, 1.82) is 0 Å². The minimum Gasteiger partial charge on any atom is -0.337 e. The predicted molar refractivity (Wildman–Crippen MR) is 101 cm³/mol. The summed E-state index contributed by atoms with van der Waals surface area (Å²) in [6.07, 6.45) is 6.99. The first-order valence-electron chi connectivity index (χ1n) is 9.25. The molecule has 5 heteroatoms. The molecule has 0 saturated carbocycles. The highest BCUT2D eigenvalue weighted by atomic mass is 16.2. The molecule has 0 N–H and O–H groups in total. The lowest BCUT2D eigenvalue weighted by molar-refractivity contribution is 0.0668. The van der Waals surface area contributed by atoms with Crippen molar-refractivity contribution in [2.75, 3.05) is 13.1 Å². The van der Waals surface area contributed by atoms with Crippen LogP contribution in [0.25, 0.3) is 5.65 Å². The second kappa shape index (κ2) is 6.90. The minimum absolute atomic E-state index is 0.0415. The maximum atomic E-state index is 13.0. The number of aryl methyl sites for hydroxylation is 2. The lowest BCUT2D eigenvalue weighted by Gasteiger charge is -2.32. The van der Waals surface area contributed by atoms with Gasteiger partial charge in [-0.2, -0.15) is 0 Å². The lowest BCUT2D eigenvalue weighted by atomic mass is 9.91. The normalized spacial score (nSPS) is 17.6. The van der Waals surface area contributed by atoms with Crippen LogP contribution >= 0.6 is 0 Å². The second-order valence-electron chi connectivity index (χ2n) is 7.29. The van der Waals surface area contributed by atoms with Crippen molar-refractivity contribution in [2.24, 2.45) is 5.92 Å². The molecule has 4 heterocycles. The summed E-state index contributed by atoms with van der Waals surface area (Å²) in [6, 6.07) is 10.1. The molecule has 1 aliphatic rings. The number of hydrogen-bond donors (Lipinski definition) is 0. The Labute approximate surface area is 153 Å². The Hall–Kier alpha value is -2.69. The average molecular weight is 348 g/mol. The molecule has 1 atom stereocenters. The van der Waals surface area contributed by atoms with Gasteiger partial charge in [-0.15, -0.1) is 0 Å². The number of hydrogen-bond acceptors (Lipinski definition) is 3. The van der Waals surface area contributed by atoms with Gasteiger partial charge >= 0.3 is 0 Å².